The molecule has 0 radical (unpaired) electrons. The summed E-state index contributed by atoms with van der Waals surface area (Å²) in [7, 11) is 0. The van der Waals surface area contributed by atoms with E-state index in [2.05, 4.69) is 30.5 Å². The Morgan fingerprint density at radius 1 is 0.595 bits per heavy atom. The van der Waals surface area contributed by atoms with Gasteiger partial charge in [0, 0.05) is 25.3 Å². The van der Waals surface area contributed by atoms with Gasteiger partial charge in [-0.2, -0.15) is 0 Å². The lowest BCUT2D eigenvalue weighted by Crippen LogP contribution is -2.11. The van der Waals surface area contributed by atoms with Crippen LogP contribution in [-0.2, 0) is 0 Å². The van der Waals surface area contributed by atoms with E-state index in [1.54, 1.807) is 71.3 Å². The molecule has 192 valence electrons. The summed E-state index contributed by atoms with van der Waals surface area (Å²) in [5.41, 5.74) is 0. The maximum atomic E-state index is 9.59. The van der Waals surface area contributed by atoms with Gasteiger partial charge in [0.2, 0.25) is 0 Å². The molecule has 0 saturated carbocycles. The van der Waals surface area contributed by atoms with Crippen LogP contribution in [-0.4, -0.2) is 40.0 Å². The normalized spacial score (nSPS) is 11.0. The van der Waals surface area contributed by atoms with E-state index in [0.29, 0.717) is 13.2 Å². The van der Waals surface area contributed by atoms with Crippen molar-refractivity contribution in [1.29, 1.82) is 0 Å². The fourth-order valence-electron chi connectivity index (χ4n) is 3.23. The topological polar surface area (TPSA) is 58.9 Å². The molecule has 0 saturated heterocycles. The van der Waals surface area contributed by atoms with Gasteiger partial charge in [-0.25, -0.2) is 0 Å². The molecule has 0 aliphatic rings. The quantitative estimate of drug-likeness (QED) is 0.0949. The van der Waals surface area contributed by atoms with Crippen LogP contribution >= 0.6 is 47.0 Å². The second-order valence-electron chi connectivity index (χ2n) is 7.81. The van der Waals surface area contributed by atoms with Crippen LogP contribution in [0.4, 0.5) is 0 Å². The van der Waals surface area contributed by atoms with Crippen LogP contribution in [0.5, 0.6) is 23.0 Å². The van der Waals surface area contributed by atoms with Gasteiger partial charge >= 0.3 is 0 Å². The highest BCUT2D eigenvalue weighted by molar-refractivity contribution is 8.17. The minimum absolute atomic E-state index is 0.0743. The van der Waals surface area contributed by atoms with Gasteiger partial charge < -0.3 is 19.7 Å². The van der Waals surface area contributed by atoms with E-state index in [-0.39, 0.29) is 16.1 Å². The minimum atomic E-state index is 0.0743. The molecular formula is C29H28O4S4. The summed E-state index contributed by atoms with van der Waals surface area (Å²) in [5, 5.41) is 19.2. The highest BCUT2D eigenvalue weighted by Gasteiger charge is 2.14. The Labute approximate surface area is 235 Å². The summed E-state index contributed by atoms with van der Waals surface area (Å²) in [6.45, 7) is 1.14. The predicted molar refractivity (Wildman–Crippen MR) is 158 cm³/mol. The van der Waals surface area contributed by atoms with Crippen LogP contribution in [0, 0.1) is 0 Å². The van der Waals surface area contributed by atoms with Gasteiger partial charge in [0.15, 0.2) is 0 Å². The monoisotopic (exact) mass is 568 g/mol. The number of aromatic hydroxyl groups is 2. The van der Waals surface area contributed by atoms with Gasteiger partial charge in [0.25, 0.3) is 0 Å². The standard InChI is InChI=1S/C29H28O4S4/c1-34-25-14-6-23(7-15-25)32-18-19-35-26-16-8-24(9-17-26)33-20-29(36-27-10-2-21(30)3-11-27)37-28-12-4-22(31)5-13-28/h2-17,29-31H,18-20H2,1H3. The number of ether oxygens (including phenoxy) is 2. The minimum Gasteiger partial charge on any atom is -0.508 e. The molecule has 0 spiro atoms. The number of phenols is 2. The third-order valence-corrected chi connectivity index (χ3v) is 9.28. The SMILES string of the molecule is CSc1ccc(OCCSc2ccc(OCC(Sc3ccc(O)cc3)Sc3ccc(O)cc3)cc2)cc1. The number of phenolic OH excluding ortho intramolecular Hbond substituents is 2. The first-order valence-corrected chi connectivity index (χ1v) is 15.6. The fourth-order valence-corrected chi connectivity index (χ4v) is 6.70. The molecule has 37 heavy (non-hydrogen) atoms. The Hall–Kier alpha value is -2.52. The van der Waals surface area contributed by atoms with Gasteiger partial charge in [-0.3, -0.25) is 0 Å². The highest BCUT2D eigenvalue weighted by atomic mass is 32.2. The number of thioether (sulfide) groups is 4. The summed E-state index contributed by atoms with van der Waals surface area (Å²) < 4.78 is 12.1. The Morgan fingerprint density at radius 2 is 1.05 bits per heavy atom. The molecule has 0 amide bonds. The molecule has 4 aromatic rings. The molecule has 0 aromatic heterocycles. The third-order valence-electron chi connectivity index (χ3n) is 5.10. The third kappa shape index (κ3) is 9.38. The molecule has 0 atom stereocenters. The van der Waals surface area contributed by atoms with Crippen molar-refractivity contribution in [3.05, 3.63) is 97.1 Å². The Bertz CT molecular complexity index is 1170. The average Bonchev–Trinajstić information content (AvgIpc) is 2.93. The highest BCUT2D eigenvalue weighted by Crippen LogP contribution is 2.37. The van der Waals surface area contributed by atoms with Crippen molar-refractivity contribution < 1.29 is 19.7 Å². The first-order chi connectivity index (χ1) is 18.1. The Morgan fingerprint density at radius 3 is 1.57 bits per heavy atom. The summed E-state index contributed by atoms with van der Waals surface area (Å²) >= 11 is 6.83. The zero-order chi connectivity index (χ0) is 25.9. The first kappa shape index (κ1) is 27.5. The van der Waals surface area contributed by atoms with E-state index >= 15 is 0 Å². The Balaban J connectivity index is 1.27. The molecule has 0 aliphatic heterocycles. The number of hydrogen-bond donors (Lipinski definition) is 2. The molecule has 0 unspecified atom stereocenters. The molecule has 2 N–H and O–H groups in total. The molecule has 0 heterocycles. The molecule has 4 rings (SSSR count). The average molecular weight is 569 g/mol. The molecule has 0 aliphatic carbocycles. The van der Waals surface area contributed by atoms with Gasteiger partial charge in [-0.05, 0) is 103 Å². The van der Waals surface area contributed by atoms with E-state index in [4.69, 9.17) is 9.47 Å². The van der Waals surface area contributed by atoms with Gasteiger partial charge in [-0.15, -0.1) is 47.0 Å². The van der Waals surface area contributed by atoms with E-state index in [1.807, 2.05) is 48.5 Å². The van der Waals surface area contributed by atoms with Gasteiger partial charge in [0.05, 0.1) is 11.2 Å². The Kier molecular flexibility index (Phi) is 10.7. The molecule has 4 aromatic carbocycles. The van der Waals surface area contributed by atoms with Crippen LogP contribution in [0.15, 0.2) is 117 Å². The summed E-state index contributed by atoms with van der Waals surface area (Å²) in [6, 6.07) is 30.7. The van der Waals surface area contributed by atoms with Crippen molar-refractivity contribution >= 4 is 47.0 Å². The van der Waals surface area contributed by atoms with Gasteiger partial charge in [-0.1, -0.05) is 0 Å². The van der Waals surface area contributed by atoms with Crippen LogP contribution in [0.3, 0.4) is 0 Å². The lowest BCUT2D eigenvalue weighted by atomic mass is 10.3. The predicted octanol–water partition coefficient (Wildman–Crippen LogP) is 8.28. The maximum Gasteiger partial charge on any atom is 0.119 e. The second-order valence-corrected chi connectivity index (χ2v) is 12.7. The van der Waals surface area contributed by atoms with Crippen molar-refractivity contribution in [3.63, 3.8) is 0 Å². The lowest BCUT2D eigenvalue weighted by molar-refractivity contribution is 0.337. The number of benzene rings is 4. The molecule has 8 heteroatoms. The van der Waals surface area contributed by atoms with E-state index < -0.39 is 0 Å². The fraction of sp³-hybridized carbons (Fsp3) is 0.172. The zero-order valence-corrected chi connectivity index (χ0v) is 23.5. The largest absolute Gasteiger partial charge is 0.508 e. The summed E-state index contributed by atoms with van der Waals surface area (Å²) in [5.74, 6) is 3.07. The van der Waals surface area contributed by atoms with Crippen molar-refractivity contribution in [2.75, 3.05) is 25.2 Å². The second kappa shape index (κ2) is 14.4. The van der Waals surface area contributed by atoms with Crippen LogP contribution in [0.2, 0.25) is 0 Å². The molecular weight excluding hydrogens is 541 g/mol. The van der Waals surface area contributed by atoms with Crippen LogP contribution in [0.25, 0.3) is 0 Å². The van der Waals surface area contributed by atoms with E-state index in [0.717, 1.165) is 27.0 Å². The first-order valence-electron chi connectivity index (χ1n) is 11.6. The van der Waals surface area contributed by atoms with E-state index in [9.17, 15) is 10.2 Å². The lowest BCUT2D eigenvalue weighted by Gasteiger charge is -2.17. The molecule has 4 nitrogen and oxygen atoms in total. The van der Waals surface area contributed by atoms with Crippen LogP contribution in [0.1, 0.15) is 0 Å². The van der Waals surface area contributed by atoms with E-state index in [1.165, 1.54) is 9.79 Å². The van der Waals surface area contributed by atoms with Crippen LogP contribution < -0.4 is 9.47 Å². The van der Waals surface area contributed by atoms with Crippen molar-refractivity contribution in [3.8, 4) is 23.0 Å². The maximum absolute atomic E-state index is 9.59. The van der Waals surface area contributed by atoms with Crippen molar-refractivity contribution in [2.24, 2.45) is 0 Å². The number of rotatable bonds is 13. The van der Waals surface area contributed by atoms with Gasteiger partial charge in [0.1, 0.15) is 29.6 Å². The van der Waals surface area contributed by atoms with Crippen molar-refractivity contribution in [1.82, 2.24) is 0 Å². The van der Waals surface area contributed by atoms with Crippen molar-refractivity contribution in [2.45, 2.75) is 24.2 Å². The number of hydrogen-bond acceptors (Lipinski definition) is 8. The summed E-state index contributed by atoms with van der Waals surface area (Å²) in [4.78, 5) is 4.49. The summed E-state index contributed by atoms with van der Waals surface area (Å²) in [6.07, 6.45) is 2.06. The smallest absolute Gasteiger partial charge is 0.119 e. The molecule has 0 bridgehead atoms. The zero-order valence-electron chi connectivity index (χ0n) is 20.3. The molecule has 0 fully saturated rings.